The molecule has 8 heteroatoms. The third-order valence-electron chi connectivity index (χ3n) is 6.07. The highest BCUT2D eigenvalue weighted by molar-refractivity contribution is 7.89. The average Bonchev–Trinajstić information content (AvgIpc) is 2.79. The molecule has 0 saturated carbocycles. The van der Waals surface area contributed by atoms with Gasteiger partial charge in [-0.05, 0) is 63.2 Å². The molecule has 1 atom stereocenters. The van der Waals surface area contributed by atoms with E-state index in [-0.39, 0.29) is 16.8 Å². The molecule has 2 aromatic carbocycles. The summed E-state index contributed by atoms with van der Waals surface area (Å²) in [5, 5.41) is 2.96. The first-order valence-corrected chi connectivity index (χ1v) is 12.4. The lowest BCUT2D eigenvalue weighted by Gasteiger charge is -2.29. The molecule has 3 rings (SSSR count). The van der Waals surface area contributed by atoms with Crippen LogP contribution in [-0.4, -0.2) is 64.4 Å². The molecule has 174 valence electrons. The van der Waals surface area contributed by atoms with E-state index in [0.717, 1.165) is 24.2 Å². The van der Waals surface area contributed by atoms with Gasteiger partial charge >= 0.3 is 0 Å². The summed E-state index contributed by atoms with van der Waals surface area (Å²) in [5.41, 5.74) is 1.41. The number of amides is 1. The smallest absolute Gasteiger partial charge is 0.251 e. The van der Waals surface area contributed by atoms with Crippen LogP contribution >= 0.6 is 0 Å². The topological polar surface area (TPSA) is 78.9 Å². The molecule has 1 aliphatic heterocycles. The number of sulfonamides is 1. The van der Waals surface area contributed by atoms with Gasteiger partial charge in [0, 0.05) is 30.8 Å². The Bertz CT molecular complexity index is 1010. The Morgan fingerprint density at radius 3 is 2.34 bits per heavy atom. The van der Waals surface area contributed by atoms with Gasteiger partial charge in [-0.1, -0.05) is 25.1 Å². The van der Waals surface area contributed by atoms with Crippen LogP contribution in [0.4, 0.5) is 0 Å². The molecule has 1 heterocycles. The molecule has 0 bridgehead atoms. The van der Waals surface area contributed by atoms with Gasteiger partial charge in [0.1, 0.15) is 5.75 Å². The van der Waals surface area contributed by atoms with Crippen molar-refractivity contribution in [3.8, 4) is 5.75 Å². The van der Waals surface area contributed by atoms with Gasteiger partial charge < -0.3 is 15.0 Å². The molecule has 0 aliphatic carbocycles. The second-order valence-electron chi connectivity index (χ2n) is 8.54. The molecule has 0 radical (unpaired) electrons. The maximum atomic E-state index is 12.9. The highest BCUT2D eigenvalue weighted by Crippen LogP contribution is 2.27. The Balaban J connectivity index is 1.68. The lowest BCUT2D eigenvalue weighted by atomic mass is 10.0. The normalized spacial score (nSPS) is 16.7. The van der Waals surface area contributed by atoms with Crippen molar-refractivity contribution in [2.75, 3.05) is 40.8 Å². The van der Waals surface area contributed by atoms with E-state index in [0.29, 0.717) is 31.1 Å². The quantitative estimate of drug-likeness (QED) is 0.656. The van der Waals surface area contributed by atoms with Crippen LogP contribution in [0, 0.1) is 5.92 Å². The monoisotopic (exact) mass is 459 g/mol. The van der Waals surface area contributed by atoms with Crippen LogP contribution in [-0.2, 0) is 10.0 Å². The first-order chi connectivity index (χ1) is 15.2. The van der Waals surface area contributed by atoms with Crippen molar-refractivity contribution in [1.82, 2.24) is 14.5 Å². The van der Waals surface area contributed by atoms with Crippen LogP contribution in [0.3, 0.4) is 0 Å². The van der Waals surface area contributed by atoms with Gasteiger partial charge in [-0.3, -0.25) is 4.79 Å². The molecule has 1 amide bonds. The minimum Gasteiger partial charge on any atom is -0.496 e. The number of nitrogens with one attached hydrogen (secondary N) is 1. The maximum absolute atomic E-state index is 12.9. The summed E-state index contributed by atoms with van der Waals surface area (Å²) in [5.74, 6) is 1.07. The molecular formula is C24H33N3O4S. The summed E-state index contributed by atoms with van der Waals surface area (Å²) in [7, 11) is 2.00. The van der Waals surface area contributed by atoms with Gasteiger partial charge in [0.2, 0.25) is 10.0 Å². The molecule has 1 fully saturated rings. The van der Waals surface area contributed by atoms with E-state index in [1.807, 2.05) is 43.3 Å². The third kappa shape index (κ3) is 5.49. The molecule has 7 nitrogen and oxygen atoms in total. The average molecular weight is 460 g/mol. The minimum absolute atomic E-state index is 0.0729. The molecule has 1 aliphatic rings. The Morgan fingerprint density at radius 1 is 1.12 bits per heavy atom. The minimum atomic E-state index is -3.53. The van der Waals surface area contributed by atoms with Crippen LogP contribution in [0.2, 0.25) is 0 Å². The number of hydrogen-bond acceptors (Lipinski definition) is 5. The number of benzene rings is 2. The van der Waals surface area contributed by atoms with Crippen molar-refractivity contribution in [2.45, 2.75) is 30.7 Å². The van der Waals surface area contributed by atoms with Crippen LogP contribution in [0.25, 0.3) is 0 Å². The van der Waals surface area contributed by atoms with Crippen LogP contribution in [0.1, 0.15) is 41.7 Å². The maximum Gasteiger partial charge on any atom is 0.251 e. The van der Waals surface area contributed by atoms with Gasteiger partial charge in [-0.2, -0.15) is 4.31 Å². The van der Waals surface area contributed by atoms with Crippen molar-refractivity contribution in [3.05, 3.63) is 59.7 Å². The van der Waals surface area contributed by atoms with E-state index >= 15 is 0 Å². The first kappa shape index (κ1) is 24.2. The second-order valence-corrected chi connectivity index (χ2v) is 10.5. The molecule has 32 heavy (non-hydrogen) atoms. The lowest BCUT2D eigenvalue weighted by Crippen LogP contribution is -2.38. The van der Waals surface area contributed by atoms with Crippen molar-refractivity contribution in [2.24, 2.45) is 5.92 Å². The number of carbonyl (C=O) groups excluding carboxylic acids is 1. The number of rotatable bonds is 8. The number of para-hydroxylation sites is 1. The van der Waals surface area contributed by atoms with Crippen molar-refractivity contribution in [3.63, 3.8) is 0 Å². The largest absolute Gasteiger partial charge is 0.496 e. The molecule has 0 unspecified atom stereocenters. The summed E-state index contributed by atoms with van der Waals surface area (Å²) < 4.78 is 32.8. The number of ether oxygens (including phenoxy) is 1. The Hall–Kier alpha value is -2.42. The van der Waals surface area contributed by atoms with Crippen molar-refractivity contribution < 1.29 is 17.9 Å². The Labute approximate surface area is 191 Å². The summed E-state index contributed by atoms with van der Waals surface area (Å²) in [6.45, 7) is 3.62. The molecule has 0 spiro atoms. The zero-order valence-corrected chi connectivity index (χ0v) is 20.1. The third-order valence-corrected chi connectivity index (χ3v) is 7.99. The number of piperidine rings is 1. The van der Waals surface area contributed by atoms with Gasteiger partial charge in [-0.15, -0.1) is 0 Å². The predicted octanol–water partition coefficient (Wildman–Crippen LogP) is 3.15. The fourth-order valence-electron chi connectivity index (χ4n) is 3.96. The summed E-state index contributed by atoms with van der Waals surface area (Å²) >= 11 is 0. The lowest BCUT2D eigenvalue weighted by molar-refractivity contribution is 0.0941. The van der Waals surface area contributed by atoms with Crippen molar-refractivity contribution >= 4 is 15.9 Å². The molecule has 1 N–H and O–H groups in total. The van der Waals surface area contributed by atoms with Crippen LogP contribution < -0.4 is 10.1 Å². The van der Waals surface area contributed by atoms with Gasteiger partial charge in [0.05, 0.1) is 18.0 Å². The highest BCUT2D eigenvalue weighted by atomic mass is 32.2. The van der Waals surface area contributed by atoms with E-state index in [1.54, 1.807) is 19.2 Å². The number of methoxy groups -OCH3 is 1. The number of carbonyl (C=O) groups is 1. The van der Waals surface area contributed by atoms with Crippen LogP contribution in [0.15, 0.2) is 53.4 Å². The standard InChI is InChI=1S/C24H33N3O4S/c1-18-13-15-27(16-14-18)32(29,30)20-11-9-19(10-12-20)24(28)25-17-22(26(2)3)21-7-5-6-8-23(21)31-4/h5-12,18,22H,13-17H2,1-4H3,(H,25,28)/t22-/m0/s1. The molecular weight excluding hydrogens is 426 g/mol. The second kappa shape index (κ2) is 10.5. The van der Waals surface area contributed by atoms with E-state index in [1.165, 1.54) is 16.4 Å². The molecule has 2 aromatic rings. The first-order valence-electron chi connectivity index (χ1n) is 10.9. The molecule has 1 saturated heterocycles. The zero-order chi connectivity index (χ0) is 23.3. The Morgan fingerprint density at radius 2 is 1.75 bits per heavy atom. The van der Waals surface area contributed by atoms with Crippen molar-refractivity contribution in [1.29, 1.82) is 0 Å². The number of hydrogen-bond donors (Lipinski definition) is 1. The summed E-state index contributed by atoms with van der Waals surface area (Å²) in [4.78, 5) is 15.0. The number of likely N-dealkylation sites (N-methyl/N-ethyl adjacent to an activating group) is 1. The van der Waals surface area contributed by atoms with Gasteiger partial charge in [0.15, 0.2) is 0 Å². The van der Waals surface area contributed by atoms with E-state index in [4.69, 9.17) is 4.74 Å². The number of nitrogens with zero attached hydrogens (tertiary/aromatic N) is 2. The van der Waals surface area contributed by atoms with Gasteiger partial charge in [0.25, 0.3) is 5.91 Å². The fraction of sp³-hybridized carbons (Fsp3) is 0.458. The summed E-state index contributed by atoms with van der Waals surface area (Å²) in [6, 6.07) is 13.8. The Kier molecular flexibility index (Phi) is 7.92. The van der Waals surface area contributed by atoms with Gasteiger partial charge in [-0.25, -0.2) is 8.42 Å². The molecule has 0 aromatic heterocycles. The predicted molar refractivity (Wildman–Crippen MR) is 125 cm³/mol. The zero-order valence-electron chi connectivity index (χ0n) is 19.2. The fourth-order valence-corrected chi connectivity index (χ4v) is 5.43. The van der Waals surface area contributed by atoms with E-state index in [9.17, 15) is 13.2 Å². The SMILES string of the molecule is COc1ccccc1[C@H](CNC(=O)c1ccc(S(=O)(=O)N2CCC(C)CC2)cc1)N(C)C. The summed E-state index contributed by atoms with van der Waals surface area (Å²) in [6.07, 6.45) is 1.75. The van der Waals surface area contributed by atoms with E-state index in [2.05, 4.69) is 12.2 Å². The highest BCUT2D eigenvalue weighted by Gasteiger charge is 2.28. The van der Waals surface area contributed by atoms with Crippen LogP contribution in [0.5, 0.6) is 5.75 Å². The van der Waals surface area contributed by atoms with E-state index < -0.39 is 10.0 Å².